The van der Waals surface area contributed by atoms with Gasteiger partial charge in [-0.25, -0.2) is 4.98 Å². The van der Waals surface area contributed by atoms with Crippen molar-refractivity contribution in [3.8, 4) is 5.88 Å². The molecule has 3 nitrogen and oxygen atoms in total. The molecule has 86 valence electrons. The first-order chi connectivity index (χ1) is 7.63. The van der Waals surface area contributed by atoms with Gasteiger partial charge < -0.3 is 4.74 Å². The van der Waals surface area contributed by atoms with Crippen LogP contribution in [0.4, 0.5) is 0 Å². The van der Waals surface area contributed by atoms with Crippen molar-refractivity contribution >= 4 is 5.90 Å². The Morgan fingerprint density at radius 2 is 2.25 bits per heavy atom. The standard InChI is InChI=1S/C13H18N2O/c1-4-5-6-12(14)16-13-8-7-11(9-15-13)10(2)3/h5-10,14H,4H2,1-3H3/b6-5-,14-12?. The normalized spacial score (nSPS) is 11.0. The van der Waals surface area contributed by atoms with E-state index in [0.29, 0.717) is 11.8 Å². The number of hydrogen-bond donors (Lipinski definition) is 1. The minimum absolute atomic E-state index is 0.117. The Kier molecular flexibility index (Phi) is 4.70. The summed E-state index contributed by atoms with van der Waals surface area (Å²) in [6.07, 6.45) is 6.20. The quantitative estimate of drug-likeness (QED) is 0.620. The Morgan fingerprint density at radius 3 is 2.75 bits per heavy atom. The monoisotopic (exact) mass is 218 g/mol. The van der Waals surface area contributed by atoms with E-state index in [1.54, 1.807) is 18.3 Å². The second kappa shape index (κ2) is 6.05. The van der Waals surface area contributed by atoms with Gasteiger partial charge in [0.05, 0.1) is 0 Å². The molecular weight excluding hydrogens is 200 g/mol. The second-order valence-electron chi connectivity index (χ2n) is 3.86. The van der Waals surface area contributed by atoms with E-state index < -0.39 is 0 Å². The third-order valence-corrected chi connectivity index (χ3v) is 2.15. The first kappa shape index (κ1) is 12.4. The summed E-state index contributed by atoms with van der Waals surface area (Å²) in [7, 11) is 0. The molecule has 0 saturated carbocycles. The van der Waals surface area contributed by atoms with Gasteiger partial charge in [-0.1, -0.05) is 32.9 Å². The number of pyridine rings is 1. The lowest BCUT2D eigenvalue weighted by atomic mass is 10.1. The Morgan fingerprint density at radius 1 is 1.50 bits per heavy atom. The van der Waals surface area contributed by atoms with Crippen LogP contribution in [0.3, 0.4) is 0 Å². The van der Waals surface area contributed by atoms with Gasteiger partial charge in [-0.05, 0) is 24.0 Å². The molecule has 0 aliphatic carbocycles. The van der Waals surface area contributed by atoms with Crippen molar-refractivity contribution in [2.75, 3.05) is 0 Å². The van der Waals surface area contributed by atoms with Crippen LogP contribution in [0.5, 0.6) is 5.88 Å². The Bertz CT molecular complexity index is 366. The minimum atomic E-state index is 0.117. The van der Waals surface area contributed by atoms with Crippen LogP contribution in [0.2, 0.25) is 0 Å². The summed E-state index contributed by atoms with van der Waals surface area (Å²) in [5, 5.41) is 7.52. The zero-order chi connectivity index (χ0) is 12.0. The molecule has 0 amide bonds. The van der Waals surface area contributed by atoms with Gasteiger partial charge in [-0.3, -0.25) is 5.41 Å². The smallest absolute Gasteiger partial charge is 0.221 e. The Balaban J connectivity index is 2.62. The zero-order valence-electron chi connectivity index (χ0n) is 10.0. The van der Waals surface area contributed by atoms with E-state index in [1.807, 2.05) is 19.1 Å². The van der Waals surface area contributed by atoms with Crippen LogP contribution in [0.1, 0.15) is 38.7 Å². The molecule has 1 aromatic heterocycles. The molecule has 1 heterocycles. The van der Waals surface area contributed by atoms with Gasteiger partial charge in [0.25, 0.3) is 0 Å². The van der Waals surface area contributed by atoms with E-state index in [9.17, 15) is 0 Å². The number of allylic oxidation sites excluding steroid dienone is 1. The largest absolute Gasteiger partial charge is 0.421 e. The molecule has 0 saturated heterocycles. The third-order valence-electron chi connectivity index (χ3n) is 2.15. The molecule has 3 heteroatoms. The highest BCUT2D eigenvalue weighted by Gasteiger charge is 2.01. The van der Waals surface area contributed by atoms with E-state index >= 15 is 0 Å². The molecule has 0 radical (unpaired) electrons. The third kappa shape index (κ3) is 3.85. The zero-order valence-corrected chi connectivity index (χ0v) is 10.0. The molecule has 0 fully saturated rings. The number of rotatable bonds is 4. The average Bonchev–Trinajstić information content (AvgIpc) is 2.27. The fraction of sp³-hybridized carbons (Fsp3) is 0.385. The van der Waals surface area contributed by atoms with E-state index in [2.05, 4.69) is 18.8 Å². The van der Waals surface area contributed by atoms with Gasteiger partial charge in [0.2, 0.25) is 11.8 Å². The van der Waals surface area contributed by atoms with Crippen molar-refractivity contribution in [3.63, 3.8) is 0 Å². The van der Waals surface area contributed by atoms with Crippen LogP contribution < -0.4 is 4.74 Å². The van der Waals surface area contributed by atoms with Crippen LogP contribution >= 0.6 is 0 Å². The highest BCUT2D eigenvalue weighted by molar-refractivity contribution is 5.86. The molecule has 0 bridgehead atoms. The van der Waals surface area contributed by atoms with Crippen molar-refractivity contribution in [3.05, 3.63) is 36.0 Å². The van der Waals surface area contributed by atoms with E-state index in [4.69, 9.17) is 10.1 Å². The van der Waals surface area contributed by atoms with Crippen molar-refractivity contribution in [1.29, 1.82) is 5.41 Å². The first-order valence-corrected chi connectivity index (χ1v) is 5.52. The summed E-state index contributed by atoms with van der Waals surface area (Å²) >= 11 is 0. The fourth-order valence-electron chi connectivity index (χ4n) is 1.17. The van der Waals surface area contributed by atoms with Crippen molar-refractivity contribution in [1.82, 2.24) is 4.98 Å². The fourth-order valence-corrected chi connectivity index (χ4v) is 1.17. The Hall–Kier alpha value is -1.64. The van der Waals surface area contributed by atoms with Crippen LogP contribution in [-0.2, 0) is 0 Å². The molecule has 0 aromatic carbocycles. The molecule has 1 N–H and O–H groups in total. The van der Waals surface area contributed by atoms with Gasteiger partial charge in [0.15, 0.2) is 0 Å². The molecule has 16 heavy (non-hydrogen) atoms. The second-order valence-corrected chi connectivity index (χ2v) is 3.86. The number of aromatic nitrogens is 1. The summed E-state index contributed by atoms with van der Waals surface area (Å²) < 4.78 is 5.24. The number of nitrogens with one attached hydrogen (secondary N) is 1. The summed E-state index contributed by atoms with van der Waals surface area (Å²) in [5.74, 6) is 1.04. The van der Waals surface area contributed by atoms with Gasteiger partial charge >= 0.3 is 0 Å². The van der Waals surface area contributed by atoms with Crippen LogP contribution in [0, 0.1) is 5.41 Å². The van der Waals surface area contributed by atoms with Crippen LogP contribution in [-0.4, -0.2) is 10.9 Å². The highest BCUT2D eigenvalue weighted by Crippen LogP contribution is 2.15. The predicted molar refractivity (Wildman–Crippen MR) is 66.1 cm³/mol. The number of nitrogens with zero attached hydrogens (tertiary/aromatic N) is 1. The molecule has 0 atom stereocenters. The molecule has 0 aliphatic rings. The molecule has 1 rings (SSSR count). The van der Waals surface area contributed by atoms with Crippen molar-refractivity contribution in [2.24, 2.45) is 0 Å². The molecular formula is C13H18N2O. The maximum atomic E-state index is 7.52. The van der Waals surface area contributed by atoms with Gasteiger partial charge in [0.1, 0.15) is 0 Å². The molecule has 0 unspecified atom stereocenters. The van der Waals surface area contributed by atoms with E-state index in [-0.39, 0.29) is 5.90 Å². The lowest BCUT2D eigenvalue weighted by Gasteiger charge is -2.06. The van der Waals surface area contributed by atoms with Gasteiger partial charge in [-0.2, -0.15) is 0 Å². The highest BCUT2D eigenvalue weighted by atomic mass is 16.5. The maximum Gasteiger partial charge on any atom is 0.221 e. The summed E-state index contributed by atoms with van der Waals surface area (Å²) in [4.78, 5) is 4.15. The van der Waals surface area contributed by atoms with Gasteiger partial charge in [0, 0.05) is 12.3 Å². The topological polar surface area (TPSA) is 46.0 Å². The average molecular weight is 218 g/mol. The lowest BCUT2D eigenvalue weighted by molar-refractivity contribution is 0.526. The molecule has 0 spiro atoms. The first-order valence-electron chi connectivity index (χ1n) is 5.52. The maximum absolute atomic E-state index is 7.52. The summed E-state index contributed by atoms with van der Waals surface area (Å²) in [6.45, 7) is 6.24. The van der Waals surface area contributed by atoms with Gasteiger partial charge in [-0.15, -0.1) is 0 Å². The number of hydrogen-bond acceptors (Lipinski definition) is 3. The SMILES string of the molecule is CC/C=C\C(=N)Oc1ccc(C(C)C)cn1. The molecule has 0 aliphatic heterocycles. The summed E-state index contributed by atoms with van der Waals surface area (Å²) in [5.41, 5.74) is 1.17. The van der Waals surface area contributed by atoms with E-state index in [1.165, 1.54) is 5.56 Å². The molecule has 1 aromatic rings. The van der Waals surface area contributed by atoms with Crippen LogP contribution in [0.15, 0.2) is 30.5 Å². The predicted octanol–water partition coefficient (Wildman–Crippen LogP) is 3.53. The Labute approximate surface area is 96.7 Å². The van der Waals surface area contributed by atoms with E-state index in [0.717, 1.165) is 6.42 Å². The van der Waals surface area contributed by atoms with Crippen molar-refractivity contribution < 1.29 is 4.74 Å². The summed E-state index contributed by atoms with van der Waals surface area (Å²) in [6, 6.07) is 3.77. The van der Waals surface area contributed by atoms with Crippen LogP contribution in [0.25, 0.3) is 0 Å². The minimum Gasteiger partial charge on any atom is -0.421 e. The van der Waals surface area contributed by atoms with Crippen molar-refractivity contribution in [2.45, 2.75) is 33.1 Å². The lowest BCUT2D eigenvalue weighted by Crippen LogP contribution is -2.04. The number of ether oxygens (including phenoxy) is 1.